The summed E-state index contributed by atoms with van der Waals surface area (Å²) in [6.07, 6.45) is 1.71. The highest BCUT2D eigenvalue weighted by molar-refractivity contribution is 6.30. The van der Waals surface area contributed by atoms with Crippen LogP contribution < -0.4 is 15.2 Å². The molecule has 0 bridgehead atoms. The Morgan fingerprint density at radius 2 is 1.79 bits per heavy atom. The third-order valence-corrected chi connectivity index (χ3v) is 5.84. The second kappa shape index (κ2) is 11.3. The number of halogens is 1. The molecule has 0 amide bonds. The van der Waals surface area contributed by atoms with Crippen LogP contribution >= 0.6 is 11.6 Å². The van der Waals surface area contributed by atoms with Crippen LogP contribution in [-0.2, 0) is 11.3 Å². The molecule has 0 N–H and O–H groups in total. The zero-order chi connectivity index (χ0) is 23.0. The Bertz CT molecular complexity index is 1100. The number of piperazine rings is 1. The molecule has 1 aliphatic rings. The van der Waals surface area contributed by atoms with E-state index in [0.29, 0.717) is 42.0 Å². The second-order valence-electron chi connectivity index (χ2n) is 7.85. The first-order chi connectivity index (χ1) is 16.2. The van der Waals surface area contributed by atoms with Crippen molar-refractivity contribution in [2.45, 2.75) is 13.5 Å². The second-order valence-corrected chi connectivity index (χ2v) is 8.29. The van der Waals surface area contributed by atoms with Crippen LogP contribution in [0.2, 0.25) is 5.02 Å². The standard InChI is InChI=1S/C25H29ClN4O3/c1-2-32-15-16-33-24-23(18-27-30(25(24)31)22-10-6-9-21(26)17-22)29-13-11-28(12-14-29)19-20-7-4-3-5-8-20/h3-10,17-18H,2,11-16,19H2,1H3. The Morgan fingerprint density at radius 3 is 2.52 bits per heavy atom. The number of hydrogen-bond acceptors (Lipinski definition) is 6. The van der Waals surface area contributed by atoms with E-state index in [1.165, 1.54) is 10.2 Å². The van der Waals surface area contributed by atoms with E-state index in [4.69, 9.17) is 21.1 Å². The first-order valence-corrected chi connectivity index (χ1v) is 11.6. The van der Waals surface area contributed by atoms with E-state index < -0.39 is 0 Å². The van der Waals surface area contributed by atoms with Gasteiger partial charge >= 0.3 is 5.56 Å². The zero-order valence-electron chi connectivity index (χ0n) is 18.8. The van der Waals surface area contributed by atoms with Crippen molar-refractivity contribution in [1.29, 1.82) is 0 Å². The van der Waals surface area contributed by atoms with Crippen LogP contribution in [0.15, 0.2) is 65.6 Å². The van der Waals surface area contributed by atoms with Gasteiger partial charge in [-0.05, 0) is 30.7 Å². The van der Waals surface area contributed by atoms with Crippen molar-refractivity contribution < 1.29 is 9.47 Å². The Labute approximate surface area is 199 Å². The molecule has 8 heteroatoms. The summed E-state index contributed by atoms with van der Waals surface area (Å²) in [4.78, 5) is 18.0. The van der Waals surface area contributed by atoms with Gasteiger partial charge < -0.3 is 14.4 Å². The number of nitrogens with zero attached hydrogens (tertiary/aromatic N) is 4. The Hall–Kier alpha value is -2.87. The Morgan fingerprint density at radius 1 is 1.00 bits per heavy atom. The SMILES string of the molecule is CCOCCOc1c(N2CCN(Cc3ccccc3)CC2)cnn(-c2cccc(Cl)c2)c1=O. The van der Waals surface area contributed by atoms with Gasteiger partial charge in [-0.2, -0.15) is 9.78 Å². The monoisotopic (exact) mass is 468 g/mol. The Balaban J connectivity index is 1.54. The number of hydrogen-bond donors (Lipinski definition) is 0. The first-order valence-electron chi connectivity index (χ1n) is 11.3. The molecule has 1 aromatic heterocycles. The smallest absolute Gasteiger partial charge is 0.316 e. The van der Waals surface area contributed by atoms with Gasteiger partial charge in [0, 0.05) is 44.4 Å². The van der Waals surface area contributed by atoms with Gasteiger partial charge in [0.05, 0.1) is 18.5 Å². The van der Waals surface area contributed by atoms with E-state index in [2.05, 4.69) is 39.2 Å². The van der Waals surface area contributed by atoms with Crippen molar-refractivity contribution in [2.24, 2.45) is 0 Å². The minimum atomic E-state index is -0.307. The molecule has 0 aliphatic carbocycles. The van der Waals surface area contributed by atoms with Gasteiger partial charge in [-0.1, -0.05) is 48.0 Å². The average molecular weight is 469 g/mol. The molecule has 0 atom stereocenters. The van der Waals surface area contributed by atoms with Gasteiger partial charge in [0.15, 0.2) is 0 Å². The highest BCUT2D eigenvalue weighted by Crippen LogP contribution is 2.26. The molecule has 0 unspecified atom stereocenters. The number of rotatable bonds is 9. The largest absolute Gasteiger partial charge is 0.484 e. The molecule has 0 saturated carbocycles. The predicted octanol–water partition coefficient (Wildman–Crippen LogP) is 3.62. The summed E-state index contributed by atoms with van der Waals surface area (Å²) in [5.74, 6) is 0.293. The fourth-order valence-electron chi connectivity index (χ4n) is 3.92. The summed E-state index contributed by atoms with van der Waals surface area (Å²) >= 11 is 6.13. The lowest BCUT2D eigenvalue weighted by atomic mass is 10.2. The fourth-order valence-corrected chi connectivity index (χ4v) is 4.10. The van der Waals surface area contributed by atoms with E-state index in [0.717, 1.165) is 32.7 Å². The van der Waals surface area contributed by atoms with Crippen LogP contribution in [-0.4, -0.2) is 60.7 Å². The van der Waals surface area contributed by atoms with E-state index in [1.54, 1.807) is 30.5 Å². The van der Waals surface area contributed by atoms with Gasteiger partial charge in [0.25, 0.3) is 0 Å². The van der Waals surface area contributed by atoms with Crippen LogP contribution in [0.4, 0.5) is 5.69 Å². The van der Waals surface area contributed by atoms with Gasteiger partial charge in [0.1, 0.15) is 12.3 Å². The van der Waals surface area contributed by atoms with Crippen molar-refractivity contribution in [3.63, 3.8) is 0 Å². The minimum absolute atomic E-state index is 0.293. The van der Waals surface area contributed by atoms with Crippen LogP contribution in [0.25, 0.3) is 5.69 Å². The third kappa shape index (κ3) is 5.93. The van der Waals surface area contributed by atoms with Crippen molar-refractivity contribution in [1.82, 2.24) is 14.7 Å². The van der Waals surface area contributed by atoms with Gasteiger partial charge in [-0.15, -0.1) is 0 Å². The molecule has 1 fully saturated rings. The molecule has 33 heavy (non-hydrogen) atoms. The van der Waals surface area contributed by atoms with Crippen molar-refractivity contribution >= 4 is 17.3 Å². The maximum absolute atomic E-state index is 13.4. The van der Waals surface area contributed by atoms with Crippen molar-refractivity contribution in [3.8, 4) is 11.4 Å². The molecule has 4 rings (SSSR count). The first kappa shape index (κ1) is 23.3. The molecular weight excluding hydrogens is 440 g/mol. The molecule has 2 heterocycles. The maximum atomic E-state index is 13.4. The zero-order valence-corrected chi connectivity index (χ0v) is 19.6. The summed E-state index contributed by atoms with van der Waals surface area (Å²) in [6.45, 7) is 7.52. The lowest BCUT2D eigenvalue weighted by molar-refractivity contribution is 0.109. The lowest BCUT2D eigenvalue weighted by Gasteiger charge is -2.36. The summed E-state index contributed by atoms with van der Waals surface area (Å²) < 4.78 is 12.7. The molecule has 3 aromatic rings. The highest BCUT2D eigenvalue weighted by Gasteiger charge is 2.23. The molecule has 174 valence electrons. The van der Waals surface area contributed by atoms with Crippen LogP contribution in [0, 0.1) is 0 Å². The summed E-state index contributed by atoms with van der Waals surface area (Å²) in [7, 11) is 0. The van der Waals surface area contributed by atoms with Gasteiger partial charge in [-0.25, -0.2) is 0 Å². The minimum Gasteiger partial charge on any atom is -0.484 e. The molecular formula is C25H29ClN4O3. The molecule has 0 radical (unpaired) electrons. The van der Waals surface area contributed by atoms with E-state index in [1.807, 2.05) is 13.0 Å². The number of aromatic nitrogens is 2. The van der Waals surface area contributed by atoms with Crippen LogP contribution in [0.1, 0.15) is 12.5 Å². The lowest BCUT2D eigenvalue weighted by Crippen LogP contribution is -2.46. The molecule has 2 aromatic carbocycles. The maximum Gasteiger partial charge on any atom is 0.316 e. The third-order valence-electron chi connectivity index (χ3n) is 5.61. The summed E-state index contributed by atoms with van der Waals surface area (Å²) in [5, 5.41) is 4.98. The normalized spacial score (nSPS) is 14.4. The molecule has 7 nitrogen and oxygen atoms in total. The average Bonchev–Trinajstić information content (AvgIpc) is 2.84. The number of ether oxygens (including phenoxy) is 2. The number of anilines is 1. The van der Waals surface area contributed by atoms with Crippen molar-refractivity contribution in [2.75, 3.05) is 50.9 Å². The van der Waals surface area contributed by atoms with E-state index in [9.17, 15) is 4.79 Å². The molecule has 1 aliphatic heterocycles. The van der Waals surface area contributed by atoms with Crippen LogP contribution in [0.3, 0.4) is 0 Å². The van der Waals surface area contributed by atoms with Gasteiger partial charge in [0.2, 0.25) is 5.75 Å². The highest BCUT2D eigenvalue weighted by atomic mass is 35.5. The quantitative estimate of drug-likeness (QED) is 0.447. The number of benzene rings is 2. The van der Waals surface area contributed by atoms with Crippen LogP contribution in [0.5, 0.6) is 5.75 Å². The fraction of sp³-hybridized carbons (Fsp3) is 0.360. The molecule has 1 saturated heterocycles. The predicted molar refractivity (Wildman–Crippen MR) is 131 cm³/mol. The van der Waals surface area contributed by atoms with Gasteiger partial charge in [-0.3, -0.25) is 9.69 Å². The van der Waals surface area contributed by atoms with Crippen molar-refractivity contribution in [3.05, 3.63) is 81.7 Å². The van der Waals surface area contributed by atoms with E-state index in [-0.39, 0.29) is 5.56 Å². The topological polar surface area (TPSA) is 59.8 Å². The Kier molecular flexibility index (Phi) is 7.99. The molecule has 0 spiro atoms. The summed E-state index contributed by atoms with van der Waals surface area (Å²) in [6, 6.07) is 17.5. The summed E-state index contributed by atoms with van der Waals surface area (Å²) in [5.41, 5.74) is 2.31. The van der Waals surface area contributed by atoms with E-state index >= 15 is 0 Å².